The highest BCUT2D eigenvalue weighted by molar-refractivity contribution is 5.79. The van der Waals surface area contributed by atoms with Gasteiger partial charge in [-0.05, 0) is 50.2 Å². The number of halogens is 1. The molecule has 0 bridgehead atoms. The Kier molecular flexibility index (Phi) is 5.83. The van der Waals surface area contributed by atoms with Gasteiger partial charge >= 0.3 is 0 Å². The van der Waals surface area contributed by atoms with Crippen LogP contribution >= 0.6 is 0 Å². The minimum atomic E-state index is -0.194. The molecule has 168 valence electrons. The Morgan fingerprint density at radius 1 is 0.969 bits per heavy atom. The van der Waals surface area contributed by atoms with Gasteiger partial charge in [-0.1, -0.05) is 24.3 Å². The second kappa shape index (κ2) is 8.90. The zero-order valence-electron chi connectivity index (χ0n) is 18.6. The molecule has 32 heavy (non-hydrogen) atoms. The fraction of sp³-hybridized carbons (Fsp3) is 0.440. The van der Waals surface area contributed by atoms with Gasteiger partial charge in [0.25, 0.3) is 0 Å². The average Bonchev–Trinajstić information content (AvgIpc) is 3.15. The minimum Gasteiger partial charge on any atom is -0.366 e. The van der Waals surface area contributed by atoms with Crippen molar-refractivity contribution in [1.29, 1.82) is 0 Å². The summed E-state index contributed by atoms with van der Waals surface area (Å²) in [5.74, 6) is 1.23. The van der Waals surface area contributed by atoms with E-state index in [1.54, 1.807) is 6.07 Å². The SMILES string of the molecule is Cn1c(CN2CCC(C(=O)N3CCN(c4ccccc4F)CC3)CC2)nc2ccccc21. The molecule has 0 unspecified atom stereocenters. The number of aryl methyl sites for hydroxylation is 1. The zero-order valence-corrected chi connectivity index (χ0v) is 18.6. The molecule has 3 aromatic rings. The van der Waals surface area contributed by atoms with Gasteiger partial charge in [0, 0.05) is 39.1 Å². The summed E-state index contributed by atoms with van der Waals surface area (Å²) >= 11 is 0. The van der Waals surface area contributed by atoms with Crippen molar-refractivity contribution in [3.63, 3.8) is 0 Å². The van der Waals surface area contributed by atoms with E-state index < -0.39 is 0 Å². The third kappa shape index (κ3) is 4.09. The maximum atomic E-state index is 14.1. The molecule has 0 saturated carbocycles. The van der Waals surface area contributed by atoms with E-state index in [4.69, 9.17) is 4.98 Å². The van der Waals surface area contributed by atoms with Crippen LogP contribution in [0.1, 0.15) is 18.7 Å². The zero-order chi connectivity index (χ0) is 22.1. The third-order valence-corrected chi connectivity index (χ3v) is 6.97. The number of hydrogen-bond donors (Lipinski definition) is 0. The van der Waals surface area contributed by atoms with E-state index >= 15 is 0 Å². The van der Waals surface area contributed by atoms with Crippen LogP contribution in [0.5, 0.6) is 0 Å². The molecule has 6 nitrogen and oxygen atoms in total. The second-order valence-corrected chi connectivity index (χ2v) is 8.89. The molecule has 0 spiro atoms. The van der Waals surface area contributed by atoms with Gasteiger partial charge in [0.2, 0.25) is 5.91 Å². The number of rotatable bonds is 4. The number of piperazine rings is 1. The number of para-hydroxylation sites is 3. The lowest BCUT2D eigenvalue weighted by atomic mass is 9.95. The fourth-order valence-electron chi connectivity index (χ4n) is 5.01. The summed E-state index contributed by atoms with van der Waals surface area (Å²) in [5.41, 5.74) is 2.82. The summed E-state index contributed by atoms with van der Waals surface area (Å²) in [6.45, 7) is 5.31. The predicted octanol–water partition coefficient (Wildman–Crippen LogP) is 3.27. The minimum absolute atomic E-state index is 0.0895. The molecule has 7 heteroatoms. The van der Waals surface area contributed by atoms with Crippen molar-refractivity contribution in [3.05, 3.63) is 60.2 Å². The molecular weight excluding hydrogens is 405 g/mol. The fourth-order valence-corrected chi connectivity index (χ4v) is 5.01. The number of likely N-dealkylation sites (tertiary alicyclic amines) is 1. The van der Waals surface area contributed by atoms with E-state index in [1.807, 2.05) is 34.1 Å². The molecule has 5 rings (SSSR count). The molecule has 2 saturated heterocycles. The highest BCUT2D eigenvalue weighted by Gasteiger charge is 2.31. The number of amides is 1. The standard InChI is InChI=1S/C25H30FN5O/c1-28-23-9-5-3-7-21(23)27-24(28)18-29-12-10-19(11-13-29)25(32)31-16-14-30(15-17-31)22-8-4-2-6-20(22)26/h2-9,19H,10-18H2,1H3. The largest absolute Gasteiger partial charge is 0.366 e. The van der Waals surface area contributed by atoms with Gasteiger partial charge in [0.1, 0.15) is 11.6 Å². The highest BCUT2D eigenvalue weighted by atomic mass is 19.1. The van der Waals surface area contributed by atoms with Gasteiger partial charge in [-0.25, -0.2) is 9.37 Å². The van der Waals surface area contributed by atoms with E-state index in [0.29, 0.717) is 31.9 Å². The smallest absolute Gasteiger partial charge is 0.225 e. The first-order valence-corrected chi connectivity index (χ1v) is 11.5. The van der Waals surface area contributed by atoms with Crippen molar-refractivity contribution in [3.8, 4) is 0 Å². The van der Waals surface area contributed by atoms with Crippen LogP contribution in [-0.4, -0.2) is 64.5 Å². The lowest BCUT2D eigenvalue weighted by Crippen LogP contribution is -2.51. The molecule has 0 atom stereocenters. The molecule has 0 N–H and O–H groups in total. The number of piperidine rings is 1. The van der Waals surface area contributed by atoms with Crippen LogP contribution in [0.25, 0.3) is 11.0 Å². The van der Waals surface area contributed by atoms with E-state index in [1.165, 1.54) is 6.07 Å². The third-order valence-electron chi connectivity index (χ3n) is 6.97. The molecule has 1 amide bonds. The molecular formula is C25H30FN5O. The summed E-state index contributed by atoms with van der Waals surface area (Å²) in [6.07, 6.45) is 1.77. The second-order valence-electron chi connectivity index (χ2n) is 8.89. The van der Waals surface area contributed by atoms with Gasteiger partial charge < -0.3 is 14.4 Å². The highest BCUT2D eigenvalue weighted by Crippen LogP contribution is 2.25. The Morgan fingerprint density at radius 2 is 1.66 bits per heavy atom. The molecule has 3 heterocycles. The summed E-state index contributed by atoms with van der Waals surface area (Å²) in [7, 11) is 2.07. The van der Waals surface area contributed by atoms with Crippen LogP contribution in [0.3, 0.4) is 0 Å². The Morgan fingerprint density at radius 3 is 2.38 bits per heavy atom. The van der Waals surface area contributed by atoms with E-state index in [9.17, 15) is 9.18 Å². The summed E-state index contributed by atoms with van der Waals surface area (Å²) < 4.78 is 16.2. The first-order chi connectivity index (χ1) is 15.6. The van der Waals surface area contributed by atoms with Crippen molar-refractivity contribution in [1.82, 2.24) is 19.4 Å². The number of imidazole rings is 1. The number of benzene rings is 2. The van der Waals surface area contributed by atoms with E-state index in [2.05, 4.69) is 28.6 Å². The van der Waals surface area contributed by atoms with Crippen molar-refractivity contribution in [2.75, 3.05) is 44.2 Å². The first kappa shape index (κ1) is 20.9. The summed E-state index contributed by atoms with van der Waals surface area (Å²) in [6, 6.07) is 15.1. The van der Waals surface area contributed by atoms with Crippen LogP contribution in [0.15, 0.2) is 48.5 Å². The van der Waals surface area contributed by atoms with Gasteiger partial charge in [-0.15, -0.1) is 0 Å². The van der Waals surface area contributed by atoms with Crippen LogP contribution < -0.4 is 4.90 Å². The number of anilines is 1. The molecule has 2 aromatic carbocycles. The van der Waals surface area contributed by atoms with E-state index in [0.717, 1.165) is 49.3 Å². The van der Waals surface area contributed by atoms with Gasteiger partial charge in [-0.3, -0.25) is 9.69 Å². The number of nitrogens with zero attached hydrogens (tertiary/aromatic N) is 5. The predicted molar refractivity (Wildman–Crippen MR) is 124 cm³/mol. The normalized spacial score (nSPS) is 18.4. The molecule has 2 fully saturated rings. The van der Waals surface area contributed by atoms with Crippen LogP contribution in [0, 0.1) is 11.7 Å². The van der Waals surface area contributed by atoms with Gasteiger partial charge in [0.15, 0.2) is 0 Å². The van der Waals surface area contributed by atoms with Crippen molar-refractivity contribution in [2.24, 2.45) is 13.0 Å². The number of hydrogen-bond acceptors (Lipinski definition) is 4. The number of aromatic nitrogens is 2. The van der Waals surface area contributed by atoms with Gasteiger partial charge in [0.05, 0.1) is 23.3 Å². The van der Waals surface area contributed by atoms with Gasteiger partial charge in [-0.2, -0.15) is 0 Å². The lowest BCUT2D eigenvalue weighted by molar-refractivity contribution is -0.137. The molecule has 0 aliphatic carbocycles. The number of fused-ring (bicyclic) bond motifs is 1. The number of carbonyl (C=O) groups is 1. The first-order valence-electron chi connectivity index (χ1n) is 11.5. The monoisotopic (exact) mass is 435 g/mol. The van der Waals surface area contributed by atoms with Crippen LogP contribution in [-0.2, 0) is 18.4 Å². The lowest BCUT2D eigenvalue weighted by Gasteiger charge is -2.39. The molecule has 0 radical (unpaired) electrons. The maximum absolute atomic E-state index is 14.1. The Bertz CT molecular complexity index is 1100. The maximum Gasteiger partial charge on any atom is 0.225 e. The summed E-state index contributed by atoms with van der Waals surface area (Å²) in [4.78, 5) is 24.3. The quantitative estimate of drug-likeness (QED) is 0.631. The molecule has 2 aliphatic rings. The van der Waals surface area contributed by atoms with Crippen LogP contribution in [0.4, 0.5) is 10.1 Å². The van der Waals surface area contributed by atoms with Crippen LogP contribution in [0.2, 0.25) is 0 Å². The average molecular weight is 436 g/mol. The Balaban J connectivity index is 1.13. The molecule has 2 aliphatic heterocycles. The Labute approximate surface area is 188 Å². The van der Waals surface area contributed by atoms with E-state index in [-0.39, 0.29) is 17.6 Å². The summed E-state index contributed by atoms with van der Waals surface area (Å²) in [5, 5.41) is 0. The van der Waals surface area contributed by atoms with Crippen molar-refractivity contribution >= 4 is 22.6 Å². The van der Waals surface area contributed by atoms with Crippen molar-refractivity contribution in [2.45, 2.75) is 19.4 Å². The van der Waals surface area contributed by atoms with Crippen molar-refractivity contribution < 1.29 is 9.18 Å². The number of carbonyl (C=O) groups excluding carboxylic acids is 1. The molecule has 1 aromatic heterocycles. The topological polar surface area (TPSA) is 44.6 Å². The Hall–Kier alpha value is -2.93.